The molecule has 0 radical (unpaired) electrons. The highest BCUT2D eigenvalue weighted by Gasteiger charge is 2.43. The summed E-state index contributed by atoms with van der Waals surface area (Å²) < 4.78 is 66.3. The molecule has 0 aromatic heterocycles. The number of unbranched alkanes of at least 4 members (excludes halogenated alkanes) is 2. The third-order valence-electron chi connectivity index (χ3n) is 11.4. The van der Waals surface area contributed by atoms with Gasteiger partial charge in [0.05, 0.1) is 21.9 Å². The van der Waals surface area contributed by atoms with Gasteiger partial charge >= 0.3 is 0 Å². The molecule has 1 atom stereocenters. The normalized spacial score (nSPS) is 20.7. The van der Waals surface area contributed by atoms with Gasteiger partial charge in [-0.05, 0) is 110 Å². The lowest BCUT2D eigenvalue weighted by molar-refractivity contribution is 0.456. The Morgan fingerprint density at radius 3 is 2.16 bits per heavy atom. The van der Waals surface area contributed by atoms with Crippen molar-refractivity contribution in [1.29, 1.82) is 0 Å². The molecule has 9 nitrogen and oxygen atoms in total. The Morgan fingerprint density at radius 2 is 1.46 bits per heavy atom. The zero-order chi connectivity index (χ0) is 40.3. The van der Waals surface area contributed by atoms with Crippen molar-refractivity contribution in [3.63, 3.8) is 0 Å². The van der Waals surface area contributed by atoms with Gasteiger partial charge in [0.25, 0.3) is 10.1 Å². The van der Waals surface area contributed by atoms with Crippen molar-refractivity contribution in [3.05, 3.63) is 130 Å². The van der Waals surface area contributed by atoms with Crippen LogP contribution in [0.1, 0.15) is 83.8 Å². The minimum Gasteiger partial charge on any atom is -0.748 e. The molecule has 0 saturated carbocycles. The van der Waals surface area contributed by atoms with Crippen LogP contribution in [0.5, 0.6) is 0 Å². The highest BCUT2D eigenvalue weighted by Crippen LogP contribution is 2.49. The van der Waals surface area contributed by atoms with E-state index in [9.17, 15) is 25.9 Å². The van der Waals surface area contributed by atoms with Crippen LogP contribution < -0.4 is 15.5 Å². The molecule has 2 aliphatic heterocycles. The van der Waals surface area contributed by atoms with E-state index in [1.807, 2.05) is 24.3 Å². The smallest absolute Gasteiger partial charge is 0.264 e. The van der Waals surface area contributed by atoms with Gasteiger partial charge in [-0.2, -0.15) is 8.42 Å². The van der Waals surface area contributed by atoms with E-state index < -0.39 is 20.2 Å². The summed E-state index contributed by atoms with van der Waals surface area (Å²) in [5.41, 5.74) is 14.7. The highest BCUT2D eigenvalue weighted by molar-refractivity contribution is 8.03. The Balaban J connectivity index is 1.37. The highest BCUT2D eigenvalue weighted by atomic mass is 32.2. The topological polar surface area (TPSA) is 144 Å². The van der Waals surface area contributed by atoms with Crippen molar-refractivity contribution in [2.24, 2.45) is 0 Å². The SMILES string of the molecule is CC1(C)/C(=C\C=C2/CCCC(/C=C/C3N(CCCCS(=O)(=O)[O-])c4ccccc4C3(C)C)=C2Sc2ccc(N)cc2)N(CCCCS(=O)(=O)O)c2ccccc21. The van der Waals surface area contributed by atoms with Crippen molar-refractivity contribution in [2.75, 3.05) is 40.1 Å². The number of hydrogen-bond acceptors (Lipinski definition) is 9. The first-order valence-corrected chi connectivity index (χ1v) is 23.4. The summed E-state index contributed by atoms with van der Waals surface area (Å²) in [5, 5.41) is 0. The molecule has 1 aliphatic carbocycles. The van der Waals surface area contributed by atoms with Gasteiger partial charge in [0, 0.05) is 62.2 Å². The molecule has 3 N–H and O–H groups in total. The van der Waals surface area contributed by atoms with E-state index in [4.69, 9.17) is 5.73 Å². The van der Waals surface area contributed by atoms with E-state index in [0.29, 0.717) is 44.5 Å². The molecule has 0 amide bonds. The third-order valence-corrected chi connectivity index (χ3v) is 14.2. The standard InChI is InChI=1S/C44H55N3O6S3/c1-43(2)36-16-5-7-18-38(36)46(28-9-11-30-55(48,49)50)40(43)26-20-32-14-13-15-33(42(32)54-35-24-22-34(45)23-25-35)21-27-41-44(3,4)37-17-6-8-19-39(37)47(41)29-10-12-31-56(51,52)53/h5-8,16-27,40H,9-15,28-31,45H2,1-4H3,(H,48,49,50)(H,51,52,53)/p-1/b26-20+,33-21+,41-27+. The Labute approximate surface area is 337 Å². The van der Waals surface area contributed by atoms with Crippen LogP contribution >= 0.6 is 11.8 Å². The number of rotatable bonds is 15. The molecule has 3 aromatic carbocycles. The summed E-state index contributed by atoms with van der Waals surface area (Å²) in [6, 6.07) is 24.8. The van der Waals surface area contributed by atoms with Crippen LogP contribution in [0.3, 0.4) is 0 Å². The van der Waals surface area contributed by atoms with Gasteiger partial charge in [-0.1, -0.05) is 94.1 Å². The average molecular weight is 817 g/mol. The summed E-state index contributed by atoms with van der Waals surface area (Å²) in [6.07, 6.45) is 13.8. The molecule has 56 heavy (non-hydrogen) atoms. The second kappa shape index (κ2) is 17.0. The largest absolute Gasteiger partial charge is 0.748 e. The maximum atomic E-state index is 11.5. The minimum atomic E-state index is -4.26. The minimum absolute atomic E-state index is 0.0164. The molecule has 3 aromatic rings. The fourth-order valence-corrected chi connectivity index (χ4v) is 10.7. The van der Waals surface area contributed by atoms with Gasteiger partial charge in [-0.25, -0.2) is 8.42 Å². The molecule has 0 fully saturated rings. The maximum absolute atomic E-state index is 11.5. The van der Waals surface area contributed by atoms with Crippen molar-refractivity contribution in [1.82, 2.24) is 0 Å². The maximum Gasteiger partial charge on any atom is 0.264 e. The zero-order valence-electron chi connectivity index (χ0n) is 32.8. The second-order valence-corrected chi connectivity index (χ2v) is 20.3. The zero-order valence-corrected chi connectivity index (χ0v) is 35.2. The predicted molar refractivity (Wildman–Crippen MR) is 230 cm³/mol. The number of nitrogen functional groups attached to an aromatic ring is 1. The number of allylic oxidation sites excluding steroid dienone is 6. The van der Waals surface area contributed by atoms with Crippen LogP contribution in [0.15, 0.2) is 124 Å². The van der Waals surface area contributed by atoms with Gasteiger partial charge in [-0.15, -0.1) is 0 Å². The summed E-state index contributed by atoms with van der Waals surface area (Å²) in [5.74, 6) is -0.610. The van der Waals surface area contributed by atoms with Crippen LogP contribution in [-0.4, -0.2) is 56.6 Å². The van der Waals surface area contributed by atoms with Crippen LogP contribution in [0.2, 0.25) is 0 Å². The Morgan fingerprint density at radius 1 is 0.821 bits per heavy atom. The van der Waals surface area contributed by atoms with Crippen LogP contribution in [0.25, 0.3) is 0 Å². The van der Waals surface area contributed by atoms with Crippen LogP contribution in [-0.2, 0) is 31.1 Å². The van der Waals surface area contributed by atoms with Gasteiger partial charge in [0.15, 0.2) is 0 Å². The fourth-order valence-electron chi connectivity index (χ4n) is 8.46. The molecule has 12 heteroatoms. The molecule has 3 aliphatic rings. The second-order valence-electron chi connectivity index (χ2n) is 16.1. The van der Waals surface area contributed by atoms with Gasteiger partial charge in [-0.3, -0.25) is 4.55 Å². The average Bonchev–Trinajstić information content (AvgIpc) is 3.49. The predicted octanol–water partition coefficient (Wildman–Crippen LogP) is 9.12. The lowest BCUT2D eigenvalue weighted by Gasteiger charge is -2.33. The van der Waals surface area contributed by atoms with Crippen molar-refractivity contribution < 1.29 is 25.9 Å². The molecule has 0 bridgehead atoms. The summed E-state index contributed by atoms with van der Waals surface area (Å²) in [7, 11) is -8.28. The molecular formula is C44H54N3O6S3-. The monoisotopic (exact) mass is 816 g/mol. The number of para-hydroxylation sites is 2. The summed E-state index contributed by atoms with van der Waals surface area (Å²) >= 11 is 1.75. The number of nitrogens with zero attached hydrogens (tertiary/aromatic N) is 2. The number of fused-ring (bicyclic) bond motifs is 2. The molecule has 6 rings (SSSR count). The summed E-state index contributed by atoms with van der Waals surface area (Å²) in [6.45, 7) is 10.3. The van der Waals surface area contributed by atoms with E-state index in [-0.39, 0.29) is 28.4 Å². The number of anilines is 3. The third kappa shape index (κ3) is 9.65. The van der Waals surface area contributed by atoms with Gasteiger partial charge in [0.1, 0.15) is 0 Å². The van der Waals surface area contributed by atoms with Crippen LogP contribution in [0.4, 0.5) is 17.1 Å². The quantitative estimate of drug-likeness (QED) is 0.0866. The van der Waals surface area contributed by atoms with Crippen molar-refractivity contribution >= 4 is 49.1 Å². The van der Waals surface area contributed by atoms with E-state index >= 15 is 0 Å². The molecule has 0 spiro atoms. The Bertz CT molecular complexity index is 2260. The lowest BCUT2D eigenvalue weighted by atomic mass is 9.80. The van der Waals surface area contributed by atoms with E-state index in [0.717, 1.165) is 41.2 Å². The van der Waals surface area contributed by atoms with Crippen molar-refractivity contribution in [3.8, 4) is 0 Å². The van der Waals surface area contributed by atoms with E-state index in [1.54, 1.807) is 11.8 Å². The number of benzene rings is 3. The molecule has 1 unspecified atom stereocenters. The number of hydrogen-bond donors (Lipinski definition) is 2. The molecule has 0 saturated heterocycles. The fraction of sp³-hybridized carbons (Fsp3) is 0.409. The number of thioether (sulfide) groups is 1. The Kier molecular flexibility index (Phi) is 12.7. The lowest BCUT2D eigenvalue weighted by Crippen LogP contribution is -2.40. The Hall–Kier alpha value is -3.81. The first kappa shape index (κ1) is 41.8. The first-order chi connectivity index (χ1) is 26.5. The van der Waals surface area contributed by atoms with Crippen LogP contribution in [0, 0.1) is 0 Å². The molecular weight excluding hydrogens is 763 g/mol. The molecule has 2 heterocycles. The van der Waals surface area contributed by atoms with Gasteiger partial charge in [0.2, 0.25) is 0 Å². The number of nitrogens with two attached hydrogens (primary N) is 1. The first-order valence-electron chi connectivity index (χ1n) is 19.4. The van der Waals surface area contributed by atoms with Gasteiger partial charge < -0.3 is 20.1 Å². The molecule has 300 valence electrons. The summed E-state index contributed by atoms with van der Waals surface area (Å²) in [4.78, 5) is 6.98. The van der Waals surface area contributed by atoms with Crippen molar-refractivity contribution in [2.45, 2.75) is 94.4 Å². The van der Waals surface area contributed by atoms with E-state index in [1.165, 1.54) is 27.2 Å². The van der Waals surface area contributed by atoms with E-state index in [2.05, 4.69) is 110 Å².